The van der Waals surface area contributed by atoms with Gasteiger partial charge in [-0.3, -0.25) is 4.79 Å². The molecule has 0 spiro atoms. The Labute approximate surface area is 127 Å². The number of amides is 1. The van der Waals surface area contributed by atoms with Crippen molar-refractivity contribution in [2.45, 2.75) is 38.8 Å². The van der Waals surface area contributed by atoms with Crippen molar-refractivity contribution in [1.29, 1.82) is 0 Å². The van der Waals surface area contributed by atoms with Gasteiger partial charge >= 0.3 is 0 Å². The molecular formula is C15H24N2O3S. The fraction of sp³-hybridized carbons (Fsp3) is 0.533. The Hall–Kier alpha value is -1.40. The molecule has 0 aromatic heterocycles. The second-order valence-corrected chi connectivity index (χ2v) is 7.33. The van der Waals surface area contributed by atoms with Crippen LogP contribution in [0.25, 0.3) is 0 Å². The van der Waals surface area contributed by atoms with Crippen LogP contribution in [-0.2, 0) is 14.8 Å². The van der Waals surface area contributed by atoms with Gasteiger partial charge in [-0.25, -0.2) is 8.42 Å². The average Bonchev–Trinajstić information content (AvgIpc) is 2.39. The van der Waals surface area contributed by atoms with Crippen LogP contribution in [0.3, 0.4) is 0 Å². The van der Waals surface area contributed by atoms with E-state index in [1.807, 2.05) is 19.9 Å². The maximum atomic E-state index is 12.5. The average molecular weight is 312 g/mol. The lowest BCUT2D eigenvalue weighted by Gasteiger charge is -2.27. The third-order valence-corrected chi connectivity index (χ3v) is 4.62. The van der Waals surface area contributed by atoms with Gasteiger partial charge in [-0.05, 0) is 18.9 Å². The number of nitrogens with one attached hydrogen (secondary N) is 1. The molecule has 6 heteroatoms. The fourth-order valence-electron chi connectivity index (χ4n) is 2.18. The van der Waals surface area contributed by atoms with E-state index in [0.29, 0.717) is 5.56 Å². The van der Waals surface area contributed by atoms with E-state index in [-0.39, 0.29) is 11.9 Å². The number of sulfonamides is 1. The molecule has 0 radical (unpaired) electrons. The highest BCUT2D eigenvalue weighted by atomic mass is 32.2. The molecule has 0 aliphatic rings. The van der Waals surface area contributed by atoms with Crippen LogP contribution in [0.15, 0.2) is 30.3 Å². The molecule has 21 heavy (non-hydrogen) atoms. The molecule has 0 bridgehead atoms. The molecule has 5 nitrogen and oxygen atoms in total. The predicted octanol–water partition coefficient (Wildman–Crippen LogP) is 1.92. The number of hydrogen-bond acceptors (Lipinski definition) is 3. The second kappa shape index (κ2) is 7.56. The highest BCUT2D eigenvalue weighted by Crippen LogP contribution is 2.22. The molecule has 118 valence electrons. The largest absolute Gasteiger partial charge is 0.352 e. The number of carbonyl (C=O) groups excluding carboxylic acids is 1. The van der Waals surface area contributed by atoms with Crippen molar-refractivity contribution in [2.75, 3.05) is 13.3 Å². The smallest absolute Gasteiger partial charge is 0.243 e. The Morgan fingerprint density at radius 3 is 2.33 bits per heavy atom. The molecule has 0 saturated carbocycles. The minimum Gasteiger partial charge on any atom is -0.352 e. The van der Waals surface area contributed by atoms with Crippen LogP contribution >= 0.6 is 0 Å². The molecule has 1 amide bonds. The number of likely N-dealkylation sites (N-methyl/N-ethyl adjacent to an activating group) is 1. The predicted molar refractivity (Wildman–Crippen MR) is 84.3 cm³/mol. The molecular weight excluding hydrogens is 288 g/mol. The lowest BCUT2D eigenvalue weighted by molar-refractivity contribution is -0.125. The highest BCUT2D eigenvalue weighted by molar-refractivity contribution is 7.88. The number of carbonyl (C=O) groups is 1. The summed E-state index contributed by atoms with van der Waals surface area (Å²) in [6, 6.07) is 8.11. The van der Waals surface area contributed by atoms with Crippen LogP contribution in [0.1, 0.15) is 38.3 Å². The number of hydrogen-bond donors (Lipinski definition) is 1. The zero-order chi connectivity index (χ0) is 16.0. The summed E-state index contributed by atoms with van der Waals surface area (Å²) in [4.78, 5) is 12.5. The first-order chi connectivity index (χ1) is 9.77. The van der Waals surface area contributed by atoms with E-state index in [9.17, 15) is 13.2 Å². The maximum Gasteiger partial charge on any atom is 0.243 e. The van der Waals surface area contributed by atoms with Crippen molar-refractivity contribution in [2.24, 2.45) is 0 Å². The number of benzene rings is 1. The molecule has 2 atom stereocenters. The van der Waals surface area contributed by atoms with Crippen molar-refractivity contribution in [3.05, 3.63) is 35.9 Å². The molecule has 0 saturated heterocycles. The first-order valence-electron chi connectivity index (χ1n) is 7.05. The summed E-state index contributed by atoms with van der Waals surface area (Å²) in [6.07, 6.45) is 2.92. The molecule has 0 heterocycles. The van der Waals surface area contributed by atoms with Crippen molar-refractivity contribution in [3.8, 4) is 0 Å². The van der Waals surface area contributed by atoms with E-state index in [2.05, 4.69) is 5.32 Å². The summed E-state index contributed by atoms with van der Waals surface area (Å²) in [7, 11) is -2.04. The topological polar surface area (TPSA) is 66.5 Å². The van der Waals surface area contributed by atoms with Crippen molar-refractivity contribution < 1.29 is 13.2 Å². The van der Waals surface area contributed by atoms with E-state index in [4.69, 9.17) is 0 Å². The molecule has 1 aromatic carbocycles. The summed E-state index contributed by atoms with van der Waals surface area (Å²) in [6.45, 7) is 3.96. The Kier molecular flexibility index (Phi) is 6.36. The molecule has 0 aliphatic carbocycles. The van der Waals surface area contributed by atoms with Gasteiger partial charge in [0.15, 0.2) is 0 Å². The van der Waals surface area contributed by atoms with E-state index in [1.165, 1.54) is 7.05 Å². The van der Waals surface area contributed by atoms with E-state index >= 15 is 0 Å². The maximum absolute atomic E-state index is 12.5. The molecule has 1 N–H and O–H groups in total. The zero-order valence-corrected chi connectivity index (χ0v) is 13.9. The molecule has 0 fully saturated rings. The second-order valence-electron chi connectivity index (χ2n) is 5.29. The standard InChI is InChI=1S/C15H24N2O3S/c1-5-9-12(2)16-15(18)14(17(3)21(4,19)20)13-10-7-6-8-11-13/h6-8,10-12,14H,5,9H2,1-4H3,(H,16,18). The Balaban J connectivity index is 3.06. The van der Waals surface area contributed by atoms with Crippen LogP contribution in [0.2, 0.25) is 0 Å². The first-order valence-corrected chi connectivity index (χ1v) is 8.90. The molecule has 0 aliphatic heterocycles. The van der Waals surface area contributed by atoms with E-state index in [0.717, 1.165) is 23.4 Å². The summed E-state index contributed by atoms with van der Waals surface area (Å²) in [5.41, 5.74) is 0.659. The van der Waals surface area contributed by atoms with Gasteiger partial charge in [0.25, 0.3) is 0 Å². The first kappa shape index (κ1) is 17.7. The SMILES string of the molecule is CCCC(C)NC(=O)C(c1ccccc1)N(C)S(C)(=O)=O. The van der Waals surface area contributed by atoms with Crippen LogP contribution in [0.4, 0.5) is 0 Å². The van der Waals surface area contributed by atoms with Crippen LogP contribution in [0, 0.1) is 0 Å². The van der Waals surface area contributed by atoms with Gasteiger partial charge in [0.1, 0.15) is 6.04 Å². The third-order valence-electron chi connectivity index (χ3n) is 3.36. The van der Waals surface area contributed by atoms with Gasteiger partial charge < -0.3 is 5.32 Å². The van der Waals surface area contributed by atoms with E-state index in [1.54, 1.807) is 24.3 Å². The fourth-order valence-corrected chi connectivity index (χ4v) is 2.78. The van der Waals surface area contributed by atoms with Crippen molar-refractivity contribution in [3.63, 3.8) is 0 Å². The van der Waals surface area contributed by atoms with Crippen LogP contribution < -0.4 is 5.32 Å². The highest BCUT2D eigenvalue weighted by Gasteiger charge is 2.31. The van der Waals surface area contributed by atoms with Gasteiger partial charge in [0, 0.05) is 13.1 Å². The lowest BCUT2D eigenvalue weighted by atomic mass is 10.1. The summed E-state index contributed by atoms with van der Waals surface area (Å²) < 4.78 is 24.7. The summed E-state index contributed by atoms with van der Waals surface area (Å²) >= 11 is 0. The number of nitrogens with zero attached hydrogens (tertiary/aromatic N) is 1. The molecule has 2 unspecified atom stereocenters. The minimum atomic E-state index is -3.47. The van der Waals surface area contributed by atoms with Gasteiger partial charge in [-0.2, -0.15) is 4.31 Å². The summed E-state index contributed by atoms with van der Waals surface area (Å²) in [5, 5.41) is 2.89. The van der Waals surface area contributed by atoms with Gasteiger partial charge in [-0.15, -0.1) is 0 Å². The Morgan fingerprint density at radius 2 is 1.86 bits per heavy atom. The zero-order valence-electron chi connectivity index (χ0n) is 13.0. The van der Waals surface area contributed by atoms with Crippen molar-refractivity contribution >= 4 is 15.9 Å². The van der Waals surface area contributed by atoms with Gasteiger partial charge in [0.2, 0.25) is 15.9 Å². The number of rotatable bonds is 7. The molecule has 1 aromatic rings. The lowest BCUT2D eigenvalue weighted by Crippen LogP contribution is -2.44. The van der Waals surface area contributed by atoms with Crippen molar-refractivity contribution in [1.82, 2.24) is 9.62 Å². The Bertz CT molecular complexity index is 558. The molecule has 1 rings (SSSR count). The summed E-state index contributed by atoms with van der Waals surface area (Å²) in [5.74, 6) is -0.296. The van der Waals surface area contributed by atoms with Gasteiger partial charge in [0.05, 0.1) is 6.26 Å². The monoisotopic (exact) mass is 312 g/mol. The Morgan fingerprint density at radius 1 is 1.29 bits per heavy atom. The van der Waals surface area contributed by atoms with Crippen LogP contribution in [0.5, 0.6) is 0 Å². The van der Waals surface area contributed by atoms with Crippen LogP contribution in [-0.4, -0.2) is 38.0 Å². The third kappa shape index (κ3) is 5.13. The minimum absolute atomic E-state index is 0.0154. The quantitative estimate of drug-likeness (QED) is 0.836. The normalized spacial score (nSPS) is 14.7. The van der Waals surface area contributed by atoms with Gasteiger partial charge in [-0.1, -0.05) is 43.7 Å². The van der Waals surface area contributed by atoms with E-state index < -0.39 is 16.1 Å².